The smallest absolute Gasteiger partial charge is 0.277 e. The van der Waals surface area contributed by atoms with Crippen molar-refractivity contribution in [3.05, 3.63) is 40.7 Å². The van der Waals surface area contributed by atoms with Gasteiger partial charge < -0.3 is 4.42 Å². The number of halogens is 1. The number of aromatic nitrogens is 2. The molecule has 120 valence electrons. The Bertz CT molecular complexity index is 715. The average molecular weight is 353 g/mol. The summed E-state index contributed by atoms with van der Waals surface area (Å²) >= 11 is 6.87. The molecule has 1 heterocycles. The van der Waals surface area contributed by atoms with Crippen molar-refractivity contribution in [2.45, 2.75) is 24.0 Å². The van der Waals surface area contributed by atoms with Gasteiger partial charge in [0.2, 0.25) is 11.8 Å². The molecule has 2 aromatic rings. The van der Waals surface area contributed by atoms with Crippen molar-refractivity contribution < 1.29 is 14.0 Å². The highest BCUT2D eigenvalue weighted by Crippen LogP contribution is 2.39. The predicted molar refractivity (Wildman–Crippen MR) is 84.1 cm³/mol. The largest absolute Gasteiger partial charge is 0.416 e. The number of nitrogens with zero attached hydrogens (tertiary/aromatic N) is 2. The fraction of sp³-hybridized carbons (Fsp3) is 0.286. The van der Waals surface area contributed by atoms with E-state index in [9.17, 15) is 9.59 Å². The molecular weight excluding hydrogens is 340 g/mol. The third kappa shape index (κ3) is 4.46. The van der Waals surface area contributed by atoms with Crippen LogP contribution in [0.3, 0.4) is 0 Å². The number of amides is 2. The Kier molecular flexibility index (Phi) is 4.82. The molecule has 1 aliphatic carbocycles. The van der Waals surface area contributed by atoms with Crippen LogP contribution in [0.1, 0.15) is 35.0 Å². The van der Waals surface area contributed by atoms with Crippen LogP contribution in [0.25, 0.3) is 0 Å². The minimum absolute atomic E-state index is 0.0627. The van der Waals surface area contributed by atoms with Crippen molar-refractivity contribution in [3.63, 3.8) is 0 Å². The second-order valence-corrected chi connectivity index (χ2v) is 6.34. The van der Waals surface area contributed by atoms with Gasteiger partial charge >= 0.3 is 0 Å². The SMILES string of the molecule is O=C(CSc1nnc(C2CC2)o1)NNC(=O)c1ccc(Cl)cc1. The molecule has 23 heavy (non-hydrogen) atoms. The zero-order valence-electron chi connectivity index (χ0n) is 11.9. The van der Waals surface area contributed by atoms with Gasteiger partial charge in [-0.25, -0.2) is 0 Å². The summed E-state index contributed by atoms with van der Waals surface area (Å²) in [6.45, 7) is 0. The van der Waals surface area contributed by atoms with Crippen LogP contribution in [0.15, 0.2) is 33.9 Å². The first-order valence-electron chi connectivity index (χ1n) is 6.93. The molecule has 2 N–H and O–H groups in total. The van der Waals surface area contributed by atoms with Crippen LogP contribution < -0.4 is 10.9 Å². The van der Waals surface area contributed by atoms with Crippen molar-refractivity contribution in [1.29, 1.82) is 0 Å². The summed E-state index contributed by atoms with van der Waals surface area (Å²) in [4.78, 5) is 23.5. The molecule has 7 nitrogen and oxygen atoms in total. The van der Waals surface area contributed by atoms with Gasteiger partial charge in [0, 0.05) is 16.5 Å². The highest BCUT2D eigenvalue weighted by atomic mass is 35.5. The molecule has 0 unspecified atom stereocenters. The molecule has 0 spiro atoms. The molecule has 2 amide bonds. The zero-order chi connectivity index (χ0) is 16.2. The van der Waals surface area contributed by atoms with Crippen LogP contribution in [0.4, 0.5) is 0 Å². The number of thioether (sulfide) groups is 1. The van der Waals surface area contributed by atoms with E-state index in [1.54, 1.807) is 24.3 Å². The van der Waals surface area contributed by atoms with E-state index in [0.717, 1.165) is 24.6 Å². The van der Waals surface area contributed by atoms with Gasteiger partial charge in [-0.2, -0.15) is 0 Å². The Morgan fingerprint density at radius 2 is 1.96 bits per heavy atom. The molecule has 1 aromatic heterocycles. The zero-order valence-corrected chi connectivity index (χ0v) is 13.5. The lowest BCUT2D eigenvalue weighted by atomic mass is 10.2. The van der Waals surface area contributed by atoms with E-state index in [1.807, 2.05) is 0 Å². The van der Waals surface area contributed by atoms with Gasteiger partial charge in [0.05, 0.1) is 5.75 Å². The molecular formula is C14H13ClN4O3S. The van der Waals surface area contributed by atoms with Crippen LogP contribution in [0.2, 0.25) is 5.02 Å². The van der Waals surface area contributed by atoms with Crippen LogP contribution in [0.5, 0.6) is 0 Å². The van der Waals surface area contributed by atoms with E-state index < -0.39 is 5.91 Å². The Morgan fingerprint density at radius 1 is 1.22 bits per heavy atom. The Hall–Kier alpha value is -2.06. The molecule has 0 atom stereocenters. The standard InChI is InChI=1S/C14H13ClN4O3S/c15-10-5-3-8(4-6-10)12(21)17-16-11(20)7-23-14-19-18-13(22-14)9-1-2-9/h3-6,9H,1-2,7H2,(H,16,20)(H,17,21). The van der Waals surface area contributed by atoms with Crippen molar-refractivity contribution in [2.24, 2.45) is 0 Å². The van der Waals surface area contributed by atoms with Crippen LogP contribution >= 0.6 is 23.4 Å². The minimum atomic E-state index is -0.422. The lowest BCUT2D eigenvalue weighted by Crippen LogP contribution is -2.42. The third-order valence-electron chi connectivity index (χ3n) is 3.10. The Labute approximate surface area is 141 Å². The number of carbonyl (C=O) groups excluding carboxylic acids is 2. The van der Waals surface area contributed by atoms with Crippen molar-refractivity contribution >= 4 is 35.2 Å². The number of hydrogen-bond acceptors (Lipinski definition) is 6. The van der Waals surface area contributed by atoms with Gasteiger partial charge in [-0.15, -0.1) is 10.2 Å². The quantitative estimate of drug-likeness (QED) is 0.632. The summed E-state index contributed by atoms with van der Waals surface area (Å²) in [5.74, 6) is 0.276. The number of hydrogen-bond donors (Lipinski definition) is 2. The van der Waals surface area contributed by atoms with E-state index in [2.05, 4.69) is 21.0 Å². The van der Waals surface area contributed by atoms with Crippen LogP contribution in [-0.2, 0) is 4.79 Å². The Morgan fingerprint density at radius 3 is 2.65 bits per heavy atom. The maximum Gasteiger partial charge on any atom is 0.277 e. The maximum absolute atomic E-state index is 11.8. The summed E-state index contributed by atoms with van der Waals surface area (Å²) in [6.07, 6.45) is 2.15. The number of nitrogens with one attached hydrogen (secondary N) is 2. The summed E-state index contributed by atoms with van der Waals surface area (Å²) in [7, 11) is 0. The predicted octanol–water partition coefficient (Wildman–Crippen LogP) is 2.15. The van der Waals surface area contributed by atoms with E-state index in [-0.39, 0.29) is 11.7 Å². The molecule has 9 heteroatoms. The number of benzene rings is 1. The molecule has 0 radical (unpaired) electrons. The summed E-state index contributed by atoms with van der Waals surface area (Å²) in [5, 5.41) is 8.68. The molecule has 0 aliphatic heterocycles. The lowest BCUT2D eigenvalue weighted by Gasteiger charge is -2.06. The van der Waals surface area contributed by atoms with Crippen molar-refractivity contribution in [2.75, 3.05) is 5.75 Å². The van der Waals surface area contributed by atoms with Gasteiger partial charge in [0.1, 0.15) is 0 Å². The highest BCUT2D eigenvalue weighted by Gasteiger charge is 2.29. The molecule has 1 aliphatic rings. The third-order valence-corrected chi connectivity index (χ3v) is 4.17. The van der Waals surface area contributed by atoms with Gasteiger partial charge in [-0.05, 0) is 37.1 Å². The fourth-order valence-electron chi connectivity index (χ4n) is 1.74. The van der Waals surface area contributed by atoms with E-state index in [0.29, 0.717) is 27.6 Å². The molecule has 1 fully saturated rings. The van der Waals surface area contributed by atoms with E-state index in [4.69, 9.17) is 16.0 Å². The van der Waals surface area contributed by atoms with E-state index >= 15 is 0 Å². The second kappa shape index (κ2) is 7.01. The van der Waals surface area contributed by atoms with Crippen molar-refractivity contribution in [3.8, 4) is 0 Å². The summed E-state index contributed by atoms with van der Waals surface area (Å²) < 4.78 is 5.42. The van der Waals surface area contributed by atoms with Gasteiger partial charge in [0.25, 0.3) is 11.1 Å². The van der Waals surface area contributed by atoms with Gasteiger partial charge in [-0.3, -0.25) is 20.4 Å². The van der Waals surface area contributed by atoms with Crippen LogP contribution in [0, 0.1) is 0 Å². The second-order valence-electron chi connectivity index (χ2n) is 4.98. The lowest BCUT2D eigenvalue weighted by molar-refractivity contribution is -0.119. The first kappa shape index (κ1) is 15.8. The molecule has 0 bridgehead atoms. The molecule has 0 saturated heterocycles. The molecule has 1 saturated carbocycles. The normalized spacial score (nSPS) is 13.6. The first-order chi connectivity index (χ1) is 11.1. The van der Waals surface area contributed by atoms with Gasteiger partial charge in [0.15, 0.2) is 0 Å². The summed E-state index contributed by atoms with van der Waals surface area (Å²) in [6, 6.07) is 6.33. The minimum Gasteiger partial charge on any atom is -0.416 e. The number of carbonyl (C=O) groups is 2. The topological polar surface area (TPSA) is 97.1 Å². The molecule has 3 rings (SSSR count). The fourth-order valence-corrected chi connectivity index (χ4v) is 2.43. The summed E-state index contributed by atoms with van der Waals surface area (Å²) in [5.41, 5.74) is 5.05. The number of rotatable bonds is 5. The van der Waals surface area contributed by atoms with E-state index in [1.165, 1.54) is 0 Å². The molecule has 1 aromatic carbocycles. The monoisotopic (exact) mass is 352 g/mol. The number of hydrazine groups is 1. The maximum atomic E-state index is 11.8. The van der Waals surface area contributed by atoms with Gasteiger partial charge in [-0.1, -0.05) is 23.4 Å². The first-order valence-corrected chi connectivity index (χ1v) is 8.29. The van der Waals surface area contributed by atoms with Crippen molar-refractivity contribution in [1.82, 2.24) is 21.0 Å². The Balaban J connectivity index is 1.41. The highest BCUT2D eigenvalue weighted by molar-refractivity contribution is 7.99. The van der Waals surface area contributed by atoms with Crippen LogP contribution in [-0.4, -0.2) is 27.8 Å². The average Bonchev–Trinajstić information content (AvgIpc) is 3.30.